The molecule has 10 heteroatoms. The molecule has 2 amide bonds. The maximum Gasteiger partial charge on any atom is 0.236 e. The number of amides is 2. The molecule has 0 spiro atoms. The van der Waals surface area contributed by atoms with Gasteiger partial charge in [-0.15, -0.1) is 0 Å². The number of hydrogen-bond acceptors (Lipinski definition) is 8. The summed E-state index contributed by atoms with van der Waals surface area (Å²) in [6, 6.07) is 6.45. The summed E-state index contributed by atoms with van der Waals surface area (Å²) in [5.74, 6) is 1.78. The summed E-state index contributed by atoms with van der Waals surface area (Å²) in [4.78, 5) is 32.6. The van der Waals surface area contributed by atoms with Crippen LogP contribution in [0.25, 0.3) is 0 Å². The molecule has 2 bridgehead atoms. The van der Waals surface area contributed by atoms with Gasteiger partial charge in [-0.2, -0.15) is 0 Å². The van der Waals surface area contributed by atoms with Gasteiger partial charge in [0.05, 0.1) is 26.4 Å². The molecule has 1 aromatic carbocycles. The predicted molar refractivity (Wildman–Crippen MR) is 151 cm³/mol. The van der Waals surface area contributed by atoms with Crippen LogP contribution in [0.3, 0.4) is 0 Å². The zero-order chi connectivity index (χ0) is 26.9. The van der Waals surface area contributed by atoms with Crippen LogP contribution in [0.1, 0.15) is 31.2 Å². The Hall–Kier alpha value is -2.40. The first-order valence-corrected chi connectivity index (χ1v) is 14.9. The largest absolute Gasteiger partial charge is 0.493 e. The van der Waals surface area contributed by atoms with Crippen molar-refractivity contribution in [2.45, 2.75) is 32.2 Å². The minimum Gasteiger partial charge on any atom is -0.493 e. The molecule has 10 nitrogen and oxygen atoms in total. The minimum absolute atomic E-state index is 0.128. The molecule has 0 aromatic heterocycles. The fraction of sp³-hybridized carbons (Fsp3) is 0.724. The maximum atomic E-state index is 13.1. The lowest BCUT2D eigenvalue weighted by molar-refractivity contribution is -0.133. The van der Waals surface area contributed by atoms with Crippen molar-refractivity contribution in [2.75, 3.05) is 96.7 Å². The number of carbonyl (C=O) groups is 2. The lowest BCUT2D eigenvalue weighted by atomic mass is 9.80. The molecular formula is C29H46N6O4. The number of fused-ring (bicyclic) bond motifs is 3. The number of rotatable bonds is 6. The molecule has 4 aliphatic rings. The van der Waals surface area contributed by atoms with E-state index in [1.54, 1.807) is 0 Å². The van der Waals surface area contributed by atoms with Crippen LogP contribution in [0.15, 0.2) is 18.2 Å². The molecule has 3 N–H and O–H groups in total. The number of morpholine rings is 1. The third-order valence-corrected chi connectivity index (χ3v) is 8.64. The average molecular weight is 543 g/mol. The SMILES string of the molecule is O=C(C[C@@H]1CCN2C[C@@H]1CCCOc1ccc(N3CCNCC3)cc1CNCC2=O)NCCN1CCOCC1. The molecule has 0 unspecified atom stereocenters. The van der Waals surface area contributed by atoms with Crippen LogP contribution < -0.4 is 25.6 Å². The molecule has 5 rings (SSSR count). The molecule has 0 aliphatic carbocycles. The molecule has 4 heterocycles. The van der Waals surface area contributed by atoms with Crippen molar-refractivity contribution in [3.05, 3.63) is 23.8 Å². The molecular weight excluding hydrogens is 496 g/mol. The third kappa shape index (κ3) is 8.06. The lowest BCUT2D eigenvalue weighted by Gasteiger charge is -2.38. The van der Waals surface area contributed by atoms with Crippen molar-refractivity contribution in [3.63, 3.8) is 0 Å². The van der Waals surface area contributed by atoms with Gasteiger partial charge in [-0.1, -0.05) is 0 Å². The van der Waals surface area contributed by atoms with Crippen molar-refractivity contribution < 1.29 is 19.1 Å². The van der Waals surface area contributed by atoms with Gasteiger partial charge in [-0.25, -0.2) is 0 Å². The smallest absolute Gasteiger partial charge is 0.236 e. The number of piperidine rings is 1. The van der Waals surface area contributed by atoms with E-state index in [1.165, 1.54) is 5.69 Å². The Morgan fingerprint density at radius 3 is 2.67 bits per heavy atom. The van der Waals surface area contributed by atoms with Gasteiger partial charge in [-0.3, -0.25) is 14.5 Å². The van der Waals surface area contributed by atoms with E-state index >= 15 is 0 Å². The standard InChI is InChI=1S/C29H46N6O4/c36-28(32-8-10-33-13-16-38-17-14-33)19-23-5-9-35-22-24(23)2-1-15-39-27-4-3-26(34-11-6-30-7-12-34)18-25(27)20-31-21-29(35)37/h3-4,18,23-24,30-31H,1-2,5-17,19-22H2,(H,32,36)/t23-,24-/m0/s1. The van der Waals surface area contributed by atoms with Crippen molar-refractivity contribution >= 4 is 17.5 Å². The van der Waals surface area contributed by atoms with Crippen LogP contribution in [0.2, 0.25) is 0 Å². The molecule has 3 fully saturated rings. The average Bonchev–Trinajstić information content (AvgIpc) is 2.98. The van der Waals surface area contributed by atoms with E-state index in [1.807, 2.05) is 4.90 Å². The summed E-state index contributed by atoms with van der Waals surface area (Å²) in [7, 11) is 0. The van der Waals surface area contributed by atoms with Gasteiger partial charge in [0.2, 0.25) is 11.8 Å². The van der Waals surface area contributed by atoms with E-state index < -0.39 is 0 Å². The monoisotopic (exact) mass is 542 g/mol. The second kappa shape index (κ2) is 14.3. The van der Waals surface area contributed by atoms with Gasteiger partial charge >= 0.3 is 0 Å². The Labute approximate surface area is 232 Å². The highest BCUT2D eigenvalue weighted by molar-refractivity contribution is 5.78. The quantitative estimate of drug-likeness (QED) is 0.483. The van der Waals surface area contributed by atoms with Gasteiger partial charge in [0.1, 0.15) is 5.75 Å². The number of hydrogen-bond donors (Lipinski definition) is 3. The van der Waals surface area contributed by atoms with Gasteiger partial charge in [-0.05, 0) is 49.3 Å². The maximum absolute atomic E-state index is 13.1. The number of nitrogens with zero attached hydrogens (tertiary/aromatic N) is 3. The van der Waals surface area contributed by atoms with E-state index in [2.05, 4.69) is 43.9 Å². The van der Waals surface area contributed by atoms with Crippen LogP contribution in [0, 0.1) is 11.8 Å². The van der Waals surface area contributed by atoms with E-state index in [-0.39, 0.29) is 11.8 Å². The second-order valence-corrected chi connectivity index (χ2v) is 11.3. The van der Waals surface area contributed by atoms with E-state index in [9.17, 15) is 9.59 Å². The van der Waals surface area contributed by atoms with Crippen molar-refractivity contribution in [2.24, 2.45) is 11.8 Å². The minimum atomic E-state index is 0.128. The summed E-state index contributed by atoms with van der Waals surface area (Å²) in [5, 5.41) is 9.92. The molecule has 2 atom stereocenters. The molecule has 216 valence electrons. The zero-order valence-corrected chi connectivity index (χ0v) is 23.3. The topological polar surface area (TPSA) is 98.4 Å². The van der Waals surface area contributed by atoms with Crippen LogP contribution in [0.4, 0.5) is 5.69 Å². The van der Waals surface area contributed by atoms with Crippen LogP contribution >= 0.6 is 0 Å². The Bertz CT molecular complexity index is 950. The highest BCUT2D eigenvalue weighted by atomic mass is 16.5. The predicted octanol–water partition coefficient (Wildman–Crippen LogP) is 0.662. The highest BCUT2D eigenvalue weighted by Gasteiger charge is 2.32. The fourth-order valence-electron chi connectivity index (χ4n) is 6.30. The number of carbonyl (C=O) groups excluding carboxylic acids is 2. The van der Waals surface area contributed by atoms with Crippen LogP contribution in [-0.4, -0.2) is 113 Å². The van der Waals surface area contributed by atoms with E-state index in [0.29, 0.717) is 44.5 Å². The number of ether oxygens (including phenoxy) is 2. The second-order valence-electron chi connectivity index (χ2n) is 11.3. The Kier molecular flexibility index (Phi) is 10.3. The Morgan fingerprint density at radius 1 is 0.974 bits per heavy atom. The summed E-state index contributed by atoms with van der Waals surface area (Å²) in [6.07, 6.45) is 3.28. The van der Waals surface area contributed by atoms with Crippen LogP contribution in [0.5, 0.6) is 5.75 Å². The number of benzene rings is 1. The number of anilines is 1. The summed E-state index contributed by atoms with van der Waals surface area (Å²) in [6.45, 7) is 12.0. The summed E-state index contributed by atoms with van der Waals surface area (Å²) in [5.41, 5.74) is 2.31. The fourth-order valence-corrected chi connectivity index (χ4v) is 6.30. The summed E-state index contributed by atoms with van der Waals surface area (Å²) < 4.78 is 11.7. The molecule has 0 saturated carbocycles. The first-order chi connectivity index (χ1) is 19.2. The highest BCUT2D eigenvalue weighted by Crippen LogP contribution is 2.31. The van der Waals surface area contributed by atoms with Crippen molar-refractivity contribution in [3.8, 4) is 5.75 Å². The Balaban J connectivity index is 1.16. The normalized spacial score (nSPS) is 25.5. The number of piperazine rings is 1. The third-order valence-electron chi connectivity index (χ3n) is 8.64. The molecule has 3 saturated heterocycles. The molecule has 39 heavy (non-hydrogen) atoms. The van der Waals surface area contributed by atoms with E-state index in [0.717, 1.165) is 103 Å². The zero-order valence-electron chi connectivity index (χ0n) is 23.3. The van der Waals surface area contributed by atoms with Gasteiger partial charge < -0.3 is 35.2 Å². The first kappa shape index (κ1) is 28.1. The van der Waals surface area contributed by atoms with E-state index in [4.69, 9.17) is 9.47 Å². The Morgan fingerprint density at radius 2 is 1.82 bits per heavy atom. The first-order valence-electron chi connectivity index (χ1n) is 14.9. The lowest BCUT2D eigenvalue weighted by Crippen LogP contribution is -2.48. The van der Waals surface area contributed by atoms with Crippen molar-refractivity contribution in [1.82, 2.24) is 25.8 Å². The molecule has 1 aromatic rings. The number of nitrogens with one attached hydrogen (secondary N) is 3. The van der Waals surface area contributed by atoms with Gasteiger partial charge in [0.25, 0.3) is 0 Å². The van der Waals surface area contributed by atoms with Gasteiger partial charge in [0, 0.05) is 89.7 Å². The molecule has 4 aliphatic heterocycles. The van der Waals surface area contributed by atoms with Gasteiger partial charge in [0.15, 0.2) is 0 Å². The van der Waals surface area contributed by atoms with Crippen LogP contribution in [-0.2, 0) is 20.9 Å². The summed E-state index contributed by atoms with van der Waals surface area (Å²) >= 11 is 0. The molecule has 0 radical (unpaired) electrons. The van der Waals surface area contributed by atoms with Crippen molar-refractivity contribution in [1.29, 1.82) is 0 Å².